The van der Waals surface area contributed by atoms with Crippen LogP contribution in [0, 0.1) is 5.92 Å². The number of hydrogen-bond donors (Lipinski definition) is 2. The van der Waals surface area contributed by atoms with E-state index in [0.717, 1.165) is 38.5 Å². The van der Waals surface area contributed by atoms with Crippen molar-refractivity contribution in [3.8, 4) is 11.8 Å². The number of ether oxygens (including phenoxy) is 1. The van der Waals surface area contributed by atoms with E-state index < -0.39 is 6.16 Å². The van der Waals surface area contributed by atoms with Crippen LogP contribution in [-0.4, -0.2) is 27.2 Å². The van der Waals surface area contributed by atoms with Crippen molar-refractivity contribution in [1.29, 1.82) is 0 Å². The fraction of sp³-hybridized carbons (Fsp3) is 0.533. The van der Waals surface area contributed by atoms with Crippen molar-refractivity contribution in [2.75, 3.05) is 0 Å². The van der Waals surface area contributed by atoms with E-state index in [4.69, 9.17) is 9.57 Å². The third kappa shape index (κ3) is 3.93. The molecular formula is C15H21NO5. The van der Waals surface area contributed by atoms with Gasteiger partial charge in [0, 0.05) is 12.1 Å². The number of aromatic nitrogens is 1. The highest BCUT2D eigenvalue weighted by Gasteiger charge is 2.31. The van der Waals surface area contributed by atoms with Crippen molar-refractivity contribution in [3.05, 3.63) is 24.8 Å². The molecule has 0 unspecified atom stereocenters. The maximum atomic E-state index is 11.7. The van der Waals surface area contributed by atoms with Gasteiger partial charge in [0.25, 0.3) is 0 Å². The Hall–Kier alpha value is -2.11. The van der Waals surface area contributed by atoms with Crippen LogP contribution in [0.25, 0.3) is 0 Å². The predicted octanol–water partition coefficient (Wildman–Crippen LogP) is 2.99. The minimum absolute atomic E-state index is 0.165. The second-order valence-corrected chi connectivity index (χ2v) is 5.25. The summed E-state index contributed by atoms with van der Waals surface area (Å²) in [6.07, 6.45) is 6.66. The summed E-state index contributed by atoms with van der Waals surface area (Å²) in [7, 11) is 0. The summed E-state index contributed by atoms with van der Waals surface area (Å²) in [6.45, 7) is 3.69. The SMILES string of the molecule is C=CCCC[C@@H]1CCC[C@H]1OC(=O)On1c(O)ccc1O. The Morgan fingerprint density at radius 2 is 2.10 bits per heavy atom. The molecule has 0 amide bonds. The average molecular weight is 295 g/mol. The van der Waals surface area contributed by atoms with Crippen LogP contribution in [0.1, 0.15) is 38.5 Å². The Labute approximate surface area is 123 Å². The molecule has 0 spiro atoms. The van der Waals surface area contributed by atoms with Gasteiger partial charge < -0.3 is 14.9 Å². The van der Waals surface area contributed by atoms with Crippen LogP contribution in [-0.2, 0) is 4.74 Å². The van der Waals surface area contributed by atoms with Crippen LogP contribution in [0.3, 0.4) is 0 Å². The summed E-state index contributed by atoms with van der Waals surface area (Å²) in [6, 6.07) is 2.44. The minimum atomic E-state index is -0.919. The van der Waals surface area contributed by atoms with E-state index in [2.05, 4.69) is 6.58 Å². The lowest BCUT2D eigenvalue weighted by Crippen LogP contribution is -2.28. The normalized spacial score (nSPS) is 21.1. The molecule has 6 nitrogen and oxygen atoms in total. The van der Waals surface area contributed by atoms with Crippen LogP contribution in [0.15, 0.2) is 24.8 Å². The molecule has 2 atom stereocenters. The van der Waals surface area contributed by atoms with E-state index in [1.165, 1.54) is 12.1 Å². The van der Waals surface area contributed by atoms with Gasteiger partial charge >= 0.3 is 6.16 Å². The maximum Gasteiger partial charge on any atom is 0.534 e. The first-order valence-corrected chi connectivity index (χ1v) is 7.21. The summed E-state index contributed by atoms with van der Waals surface area (Å²) in [5.41, 5.74) is 0. The number of nitrogens with zero attached hydrogens (tertiary/aromatic N) is 1. The molecule has 1 aliphatic rings. The van der Waals surface area contributed by atoms with E-state index >= 15 is 0 Å². The van der Waals surface area contributed by atoms with Gasteiger partial charge in [-0.3, -0.25) is 4.84 Å². The first-order valence-electron chi connectivity index (χ1n) is 7.21. The van der Waals surface area contributed by atoms with E-state index in [1.807, 2.05) is 6.08 Å². The third-order valence-electron chi connectivity index (χ3n) is 3.78. The number of hydrogen-bond acceptors (Lipinski definition) is 5. The smallest absolute Gasteiger partial charge is 0.492 e. The number of rotatable bonds is 6. The lowest BCUT2D eigenvalue weighted by Gasteiger charge is -2.19. The number of unbranched alkanes of at least 4 members (excludes halogenated alkanes) is 1. The van der Waals surface area contributed by atoms with Crippen LogP contribution in [0.4, 0.5) is 4.79 Å². The van der Waals surface area contributed by atoms with E-state index in [-0.39, 0.29) is 17.9 Å². The first kappa shape index (κ1) is 15.3. The highest BCUT2D eigenvalue weighted by molar-refractivity contribution is 5.61. The molecule has 1 saturated carbocycles. The molecule has 1 heterocycles. The lowest BCUT2D eigenvalue weighted by atomic mass is 9.98. The zero-order valence-electron chi connectivity index (χ0n) is 11.9. The van der Waals surface area contributed by atoms with E-state index in [9.17, 15) is 15.0 Å². The summed E-state index contributed by atoms with van der Waals surface area (Å²) < 4.78 is 5.94. The number of allylic oxidation sites excluding steroid dienone is 1. The van der Waals surface area contributed by atoms with Gasteiger partial charge in [-0.05, 0) is 44.4 Å². The quantitative estimate of drug-likeness (QED) is 0.479. The lowest BCUT2D eigenvalue weighted by molar-refractivity contribution is -0.00256. The zero-order chi connectivity index (χ0) is 15.2. The summed E-state index contributed by atoms with van der Waals surface area (Å²) in [5.74, 6) is -0.388. The Morgan fingerprint density at radius 1 is 1.38 bits per heavy atom. The van der Waals surface area contributed by atoms with Crippen molar-refractivity contribution in [2.45, 2.75) is 44.6 Å². The van der Waals surface area contributed by atoms with Gasteiger partial charge in [-0.1, -0.05) is 6.08 Å². The second kappa shape index (κ2) is 7.06. The number of aromatic hydroxyl groups is 2. The van der Waals surface area contributed by atoms with Gasteiger partial charge in [-0.2, -0.15) is 0 Å². The molecule has 1 aliphatic carbocycles. The fourth-order valence-electron chi connectivity index (χ4n) is 2.73. The molecule has 0 aromatic carbocycles. The van der Waals surface area contributed by atoms with Crippen molar-refractivity contribution >= 4 is 6.16 Å². The van der Waals surface area contributed by atoms with Crippen LogP contribution in [0.2, 0.25) is 0 Å². The molecule has 2 N–H and O–H groups in total. The van der Waals surface area contributed by atoms with Crippen molar-refractivity contribution < 1.29 is 24.6 Å². The van der Waals surface area contributed by atoms with E-state index in [0.29, 0.717) is 10.6 Å². The standard InChI is InChI=1S/C15H21NO5/c1-2-3-4-6-11-7-5-8-12(11)20-15(19)21-16-13(17)9-10-14(16)18/h2,9-12,17-18H,1,3-8H2/t11-,12-/m1/s1. The molecule has 1 fully saturated rings. The summed E-state index contributed by atoms with van der Waals surface area (Å²) in [5, 5.41) is 18.8. The number of carbonyl (C=O) groups excluding carboxylic acids is 1. The third-order valence-corrected chi connectivity index (χ3v) is 3.78. The van der Waals surface area contributed by atoms with Gasteiger partial charge in [0.05, 0.1) is 0 Å². The fourth-order valence-corrected chi connectivity index (χ4v) is 2.73. The monoisotopic (exact) mass is 295 g/mol. The molecular weight excluding hydrogens is 274 g/mol. The van der Waals surface area contributed by atoms with Gasteiger partial charge in [-0.15, -0.1) is 11.3 Å². The van der Waals surface area contributed by atoms with Crippen LogP contribution in [0.5, 0.6) is 11.8 Å². The molecule has 1 aromatic rings. The molecule has 0 aliphatic heterocycles. The minimum Gasteiger partial charge on any atom is -0.492 e. The largest absolute Gasteiger partial charge is 0.534 e. The van der Waals surface area contributed by atoms with Crippen LogP contribution >= 0.6 is 0 Å². The van der Waals surface area contributed by atoms with Crippen molar-refractivity contribution in [2.24, 2.45) is 5.92 Å². The van der Waals surface area contributed by atoms with Crippen molar-refractivity contribution in [1.82, 2.24) is 4.73 Å². The van der Waals surface area contributed by atoms with Crippen LogP contribution < -0.4 is 4.84 Å². The van der Waals surface area contributed by atoms with Crippen molar-refractivity contribution in [3.63, 3.8) is 0 Å². The summed E-state index contributed by atoms with van der Waals surface area (Å²) >= 11 is 0. The Morgan fingerprint density at radius 3 is 2.76 bits per heavy atom. The average Bonchev–Trinajstić information content (AvgIpc) is 3.01. The molecule has 2 rings (SSSR count). The molecule has 116 valence electrons. The molecule has 0 bridgehead atoms. The molecule has 0 radical (unpaired) electrons. The highest BCUT2D eigenvalue weighted by Crippen LogP contribution is 2.32. The van der Waals surface area contributed by atoms with Gasteiger partial charge in [0.1, 0.15) is 6.10 Å². The Kier molecular flexibility index (Phi) is 5.14. The van der Waals surface area contributed by atoms with Gasteiger partial charge in [0.15, 0.2) is 0 Å². The molecule has 0 saturated heterocycles. The maximum absolute atomic E-state index is 11.7. The topological polar surface area (TPSA) is 80.9 Å². The zero-order valence-corrected chi connectivity index (χ0v) is 11.9. The predicted molar refractivity (Wildman–Crippen MR) is 76.0 cm³/mol. The Balaban J connectivity index is 1.85. The number of carbonyl (C=O) groups is 1. The first-order chi connectivity index (χ1) is 10.1. The van der Waals surface area contributed by atoms with E-state index in [1.54, 1.807) is 0 Å². The summed E-state index contributed by atoms with van der Waals surface area (Å²) in [4.78, 5) is 16.5. The van der Waals surface area contributed by atoms with Gasteiger partial charge in [0.2, 0.25) is 11.8 Å². The molecule has 6 heteroatoms. The van der Waals surface area contributed by atoms with Gasteiger partial charge in [-0.25, -0.2) is 4.79 Å². The molecule has 21 heavy (non-hydrogen) atoms. The highest BCUT2D eigenvalue weighted by atomic mass is 16.8. The second-order valence-electron chi connectivity index (χ2n) is 5.25. The molecule has 1 aromatic heterocycles. The Bertz CT molecular complexity index is 477.